The number of hydrogen-bond acceptors (Lipinski definition) is 4. The van der Waals surface area contributed by atoms with Gasteiger partial charge >= 0.3 is 0 Å². The molecule has 0 bridgehead atoms. The highest BCUT2D eigenvalue weighted by Gasteiger charge is 2.24. The van der Waals surface area contributed by atoms with Gasteiger partial charge in [-0.3, -0.25) is 9.69 Å². The van der Waals surface area contributed by atoms with Crippen LogP contribution in [0.1, 0.15) is 36.5 Å². The number of guanidine groups is 1. The number of nitrogens with zero attached hydrogens (tertiary/aromatic N) is 4. The number of phenols is 1. The Kier molecular flexibility index (Phi) is 9.67. The summed E-state index contributed by atoms with van der Waals surface area (Å²) in [6.45, 7) is 13.2. The maximum atomic E-state index is 12.4. The minimum atomic E-state index is 0. The Morgan fingerprint density at radius 2 is 1.63 bits per heavy atom. The Morgan fingerprint density at radius 3 is 2.20 bits per heavy atom. The maximum absolute atomic E-state index is 12.4. The fourth-order valence-electron chi connectivity index (χ4n) is 4.10. The average Bonchev–Trinajstić information content (AvgIpc) is 3.25. The van der Waals surface area contributed by atoms with Crippen molar-refractivity contribution in [2.45, 2.75) is 40.2 Å². The van der Waals surface area contributed by atoms with Crippen LogP contribution in [-0.4, -0.2) is 84.0 Å². The molecule has 3 rings (SSSR count). The molecule has 0 saturated carbocycles. The number of piperazine rings is 1. The summed E-state index contributed by atoms with van der Waals surface area (Å²) in [4.78, 5) is 23.7. The number of halogens is 1. The quantitative estimate of drug-likeness (QED) is 0.348. The van der Waals surface area contributed by atoms with E-state index in [0.717, 1.165) is 81.3 Å². The summed E-state index contributed by atoms with van der Waals surface area (Å²) in [5, 5.41) is 13.4. The number of hydrogen-bond donors (Lipinski definition) is 2. The topological polar surface area (TPSA) is 71.4 Å². The van der Waals surface area contributed by atoms with E-state index in [1.54, 1.807) is 0 Å². The third-order valence-electron chi connectivity index (χ3n) is 5.79. The van der Waals surface area contributed by atoms with Gasteiger partial charge < -0.3 is 20.2 Å². The van der Waals surface area contributed by atoms with E-state index in [-0.39, 0.29) is 29.9 Å². The fraction of sp³-hybridized carbons (Fsp3) is 0.636. The standard InChI is InChI=1S/C22H35N5O2.HI/c1-4-23-22(24-15-19-13-17(2)21(29)18(3)14-19)27-11-9-25(10-12-27)16-20(28)26-7-5-6-8-26;/h13-14,29H,4-12,15-16H2,1-3H3,(H,23,24);1H. The molecule has 1 amide bonds. The lowest BCUT2D eigenvalue weighted by Gasteiger charge is -2.36. The van der Waals surface area contributed by atoms with E-state index in [2.05, 4.69) is 22.0 Å². The molecule has 8 heteroatoms. The van der Waals surface area contributed by atoms with Crippen molar-refractivity contribution in [3.05, 3.63) is 28.8 Å². The summed E-state index contributed by atoms with van der Waals surface area (Å²) in [5.41, 5.74) is 2.87. The lowest BCUT2D eigenvalue weighted by Crippen LogP contribution is -2.54. The van der Waals surface area contributed by atoms with Crippen LogP contribution >= 0.6 is 24.0 Å². The highest BCUT2D eigenvalue weighted by molar-refractivity contribution is 14.0. The van der Waals surface area contributed by atoms with Gasteiger partial charge in [0, 0.05) is 45.8 Å². The first kappa shape index (κ1) is 24.7. The fourth-order valence-corrected chi connectivity index (χ4v) is 4.10. The first-order valence-electron chi connectivity index (χ1n) is 10.8. The van der Waals surface area contributed by atoms with E-state index in [1.165, 1.54) is 0 Å². The van der Waals surface area contributed by atoms with E-state index in [9.17, 15) is 9.90 Å². The predicted molar refractivity (Wildman–Crippen MR) is 132 cm³/mol. The summed E-state index contributed by atoms with van der Waals surface area (Å²) >= 11 is 0. The minimum absolute atomic E-state index is 0. The molecule has 0 aliphatic carbocycles. The number of aliphatic imine (C=N–C) groups is 1. The van der Waals surface area contributed by atoms with Crippen molar-refractivity contribution in [2.75, 3.05) is 52.4 Å². The molecule has 7 nitrogen and oxygen atoms in total. The molecule has 2 heterocycles. The van der Waals surface area contributed by atoms with Gasteiger partial charge in [-0.25, -0.2) is 4.99 Å². The summed E-state index contributed by atoms with van der Waals surface area (Å²) in [7, 11) is 0. The molecule has 30 heavy (non-hydrogen) atoms. The van der Waals surface area contributed by atoms with Crippen molar-refractivity contribution >= 4 is 35.8 Å². The van der Waals surface area contributed by atoms with E-state index in [0.29, 0.717) is 18.8 Å². The van der Waals surface area contributed by atoms with Crippen LogP contribution in [0.4, 0.5) is 0 Å². The summed E-state index contributed by atoms with van der Waals surface area (Å²) in [5.74, 6) is 1.56. The van der Waals surface area contributed by atoms with Crippen LogP contribution in [0.3, 0.4) is 0 Å². The Morgan fingerprint density at radius 1 is 1.03 bits per heavy atom. The second-order valence-corrected chi connectivity index (χ2v) is 8.10. The SMILES string of the molecule is CCNC(=NCc1cc(C)c(O)c(C)c1)N1CCN(CC(=O)N2CCCC2)CC1.I. The molecule has 0 aromatic heterocycles. The number of likely N-dealkylation sites (tertiary alicyclic amines) is 1. The van der Waals surface area contributed by atoms with Gasteiger partial charge in [-0.15, -0.1) is 24.0 Å². The van der Waals surface area contributed by atoms with E-state index in [4.69, 9.17) is 4.99 Å². The second kappa shape index (κ2) is 11.7. The summed E-state index contributed by atoms with van der Waals surface area (Å²) < 4.78 is 0. The van der Waals surface area contributed by atoms with Crippen molar-refractivity contribution in [3.8, 4) is 5.75 Å². The lowest BCUT2D eigenvalue weighted by atomic mass is 10.1. The molecule has 2 saturated heterocycles. The van der Waals surface area contributed by atoms with Crippen LogP contribution in [0.5, 0.6) is 5.75 Å². The number of aromatic hydroxyl groups is 1. The van der Waals surface area contributed by atoms with Gasteiger partial charge in [-0.05, 0) is 50.3 Å². The van der Waals surface area contributed by atoms with E-state index in [1.807, 2.05) is 30.9 Å². The first-order chi connectivity index (χ1) is 14.0. The van der Waals surface area contributed by atoms with Gasteiger partial charge in [0.05, 0.1) is 13.1 Å². The molecule has 168 valence electrons. The molecular weight excluding hydrogens is 493 g/mol. The Hall–Kier alpha value is -1.55. The van der Waals surface area contributed by atoms with Gasteiger partial charge in [0.2, 0.25) is 5.91 Å². The number of rotatable bonds is 5. The second-order valence-electron chi connectivity index (χ2n) is 8.10. The number of carbonyl (C=O) groups is 1. The molecule has 2 aliphatic rings. The number of carbonyl (C=O) groups excluding carboxylic acids is 1. The van der Waals surface area contributed by atoms with Crippen molar-refractivity contribution < 1.29 is 9.90 Å². The van der Waals surface area contributed by atoms with Crippen molar-refractivity contribution in [3.63, 3.8) is 0 Å². The minimum Gasteiger partial charge on any atom is -0.507 e. The Labute approximate surface area is 197 Å². The van der Waals surface area contributed by atoms with Crippen LogP contribution in [0.15, 0.2) is 17.1 Å². The van der Waals surface area contributed by atoms with Gasteiger partial charge in [0.1, 0.15) is 5.75 Å². The smallest absolute Gasteiger partial charge is 0.236 e. The average molecular weight is 529 g/mol. The molecule has 2 N–H and O–H groups in total. The molecule has 0 spiro atoms. The molecule has 2 fully saturated rings. The largest absolute Gasteiger partial charge is 0.507 e. The zero-order valence-electron chi connectivity index (χ0n) is 18.5. The Balaban J connectivity index is 0.00000320. The molecule has 0 atom stereocenters. The number of benzene rings is 1. The molecule has 2 aliphatic heterocycles. The highest BCUT2D eigenvalue weighted by atomic mass is 127. The van der Waals surface area contributed by atoms with Gasteiger partial charge in [-0.1, -0.05) is 12.1 Å². The molecule has 1 aromatic rings. The first-order valence-corrected chi connectivity index (χ1v) is 10.8. The normalized spacial score (nSPS) is 17.8. The number of amides is 1. The van der Waals surface area contributed by atoms with E-state index < -0.39 is 0 Å². The molecule has 0 radical (unpaired) electrons. The zero-order valence-corrected chi connectivity index (χ0v) is 20.8. The molecule has 0 unspecified atom stereocenters. The number of phenolic OH excluding ortho intramolecular Hbond substituents is 1. The monoisotopic (exact) mass is 529 g/mol. The predicted octanol–water partition coefficient (Wildman–Crippen LogP) is 2.33. The summed E-state index contributed by atoms with van der Waals surface area (Å²) in [6, 6.07) is 3.99. The third-order valence-corrected chi connectivity index (χ3v) is 5.79. The van der Waals surface area contributed by atoms with Gasteiger partial charge in [0.25, 0.3) is 0 Å². The van der Waals surface area contributed by atoms with Crippen LogP contribution in [0, 0.1) is 13.8 Å². The van der Waals surface area contributed by atoms with Crippen LogP contribution < -0.4 is 5.32 Å². The van der Waals surface area contributed by atoms with Crippen LogP contribution in [0.2, 0.25) is 0 Å². The molecule has 1 aromatic carbocycles. The summed E-state index contributed by atoms with van der Waals surface area (Å²) in [6.07, 6.45) is 2.28. The Bertz CT molecular complexity index is 718. The van der Waals surface area contributed by atoms with Crippen molar-refractivity contribution in [1.29, 1.82) is 0 Å². The van der Waals surface area contributed by atoms with Crippen molar-refractivity contribution in [1.82, 2.24) is 20.0 Å². The highest BCUT2D eigenvalue weighted by Crippen LogP contribution is 2.23. The van der Waals surface area contributed by atoms with Crippen LogP contribution in [-0.2, 0) is 11.3 Å². The van der Waals surface area contributed by atoms with Crippen LogP contribution in [0.25, 0.3) is 0 Å². The van der Waals surface area contributed by atoms with Crippen molar-refractivity contribution in [2.24, 2.45) is 4.99 Å². The number of aryl methyl sites for hydroxylation is 2. The van der Waals surface area contributed by atoms with E-state index >= 15 is 0 Å². The van der Waals surface area contributed by atoms with Gasteiger partial charge in [-0.2, -0.15) is 0 Å². The zero-order chi connectivity index (χ0) is 20.8. The lowest BCUT2D eigenvalue weighted by molar-refractivity contribution is -0.131. The third kappa shape index (κ3) is 6.47. The maximum Gasteiger partial charge on any atom is 0.236 e. The van der Waals surface area contributed by atoms with Gasteiger partial charge in [0.15, 0.2) is 5.96 Å². The number of nitrogens with one attached hydrogen (secondary N) is 1. The molecular formula is C22H36IN5O2.